The zero-order chi connectivity index (χ0) is 10.7. The quantitative estimate of drug-likeness (QED) is 0.547. The van der Waals surface area contributed by atoms with Crippen molar-refractivity contribution in [3.63, 3.8) is 0 Å². The molecule has 3 nitrogen and oxygen atoms in total. The molecule has 14 heavy (non-hydrogen) atoms. The summed E-state index contributed by atoms with van der Waals surface area (Å²) in [5, 5.41) is 0. The van der Waals surface area contributed by atoms with E-state index in [0.29, 0.717) is 0 Å². The second-order valence-corrected chi connectivity index (χ2v) is 2.36. The lowest BCUT2D eigenvalue weighted by Gasteiger charge is -2.06. The highest BCUT2D eigenvalue weighted by molar-refractivity contribution is 5.90. The van der Waals surface area contributed by atoms with Crippen LogP contribution in [-0.2, 0) is 4.74 Å². The average Bonchev–Trinajstić information content (AvgIpc) is 2.15. The molecule has 0 spiro atoms. The molecular formula is C8H6F3NO2. The first-order valence-electron chi connectivity index (χ1n) is 3.58. The maximum atomic E-state index is 12.8. The number of carbonyl (C=O) groups excluding carboxylic acids is 1. The Balaban J connectivity index is 3.28. The molecule has 0 N–H and O–H groups in total. The Kier molecular flexibility index (Phi) is 3.06. The second-order valence-electron chi connectivity index (χ2n) is 2.36. The van der Waals surface area contributed by atoms with Gasteiger partial charge in [0.15, 0.2) is 0 Å². The third kappa shape index (κ3) is 1.84. The first kappa shape index (κ1) is 10.5. The minimum atomic E-state index is -3.10. The molecule has 0 radical (unpaired) electrons. The third-order valence-corrected chi connectivity index (χ3v) is 1.57. The van der Waals surface area contributed by atoms with E-state index < -0.39 is 29.5 Å². The highest BCUT2D eigenvalue weighted by Gasteiger charge is 2.23. The summed E-state index contributed by atoms with van der Waals surface area (Å²) in [6.45, 7) is 0. The van der Waals surface area contributed by atoms with E-state index in [0.717, 1.165) is 19.4 Å². The van der Waals surface area contributed by atoms with Crippen LogP contribution >= 0.6 is 0 Å². The van der Waals surface area contributed by atoms with E-state index in [2.05, 4.69) is 9.72 Å². The number of halogens is 3. The van der Waals surface area contributed by atoms with Gasteiger partial charge in [0, 0.05) is 6.20 Å². The fourth-order valence-electron chi connectivity index (χ4n) is 0.943. The van der Waals surface area contributed by atoms with Gasteiger partial charge in [-0.05, 0) is 6.07 Å². The van der Waals surface area contributed by atoms with Gasteiger partial charge in [-0.1, -0.05) is 0 Å². The van der Waals surface area contributed by atoms with Crippen molar-refractivity contribution in [2.45, 2.75) is 6.43 Å². The standard InChI is InChI=1S/C8H6F3NO2/c1-14-8(13)4-2-3-12-7(11)5(4)6(9)10/h2-3,6H,1H3. The molecular weight excluding hydrogens is 199 g/mol. The number of rotatable bonds is 2. The molecule has 0 aliphatic carbocycles. The SMILES string of the molecule is COC(=O)c1ccnc(F)c1C(F)F. The van der Waals surface area contributed by atoms with Gasteiger partial charge in [0.1, 0.15) is 0 Å². The van der Waals surface area contributed by atoms with Gasteiger partial charge in [0.05, 0.1) is 18.2 Å². The molecule has 0 saturated carbocycles. The van der Waals surface area contributed by atoms with E-state index in [-0.39, 0.29) is 0 Å². The monoisotopic (exact) mass is 205 g/mol. The highest BCUT2D eigenvalue weighted by Crippen LogP contribution is 2.24. The van der Waals surface area contributed by atoms with E-state index in [1.54, 1.807) is 0 Å². The summed E-state index contributed by atoms with van der Waals surface area (Å²) in [5.41, 5.74) is -1.53. The lowest BCUT2D eigenvalue weighted by molar-refractivity contribution is 0.0586. The maximum Gasteiger partial charge on any atom is 0.338 e. The summed E-state index contributed by atoms with van der Waals surface area (Å²) in [5.74, 6) is -2.37. The van der Waals surface area contributed by atoms with Gasteiger partial charge in [-0.3, -0.25) is 0 Å². The lowest BCUT2D eigenvalue weighted by atomic mass is 10.1. The summed E-state index contributed by atoms with van der Waals surface area (Å²) in [7, 11) is 1.02. The number of esters is 1. The number of hydrogen-bond donors (Lipinski definition) is 0. The van der Waals surface area contributed by atoms with Crippen molar-refractivity contribution >= 4 is 5.97 Å². The number of aromatic nitrogens is 1. The Labute approximate surface area is 77.5 Å². The number of methoxy groups -OCH3 is 1. The molecule has 1 aromatic heterocycles. The molecule has 1 heterocycles. The van der Waals surface area contributed by atoms with E-state index >= 15 is 0 Å². The lowest BCUT2D eigenvalue weighted by Crippen LogP contribution is -2.09. The summed E-state index contributed by atoms with van der Waals surface area (Å²) in [6, 6.07) is 0.983. The van der Waals surface area contributed by atoms with Gasteiger partial charge < -0.3 is 4.74 Å². The topological polar surface area (TPSA) is 39.2 Å². The Hall–Kier alpha value is -1.59. The summed E-state index contributed by atoms with van der Waals surface area (Å²) in [6.07, 6.45) is -2.18. The Morgan fingerprint density at radius 2 is 2.21 bits per heavy atom. The summed E-state index contributed by atoms with van der Waals surface area (Å²) >= 11 is 0. The Bertz CT molecular complexity index is 354. The van der Waals surface area contributed by atoms with Gasteiger partial charge in [0.25, 0.3) is 6.43 Å². The van der Waals surface area contributed by atoms with Crippen LogP contribution in [0, 0.1) is 5.95 Å². The fourth-order valence-corrected chi connectivity index (χ4v) is 0.943. The number of carbonyl (C=O) groups is 1. The smallest absolute Gasteiger partial charge is 0.338 e. The molecule has 0 bridgehead atoms. The van der Waals surface area contributed by atoms with E-state index in [1.165, 1.54) is 0 Å². The molecule has 0 aromatic carbocycles. The van der Waals surface area contributed by atoms with Crippen molar-refractivity contribution in [2.24, 2.45) is 0 Å². The number of nitrogens with zero attached hydrogens (tertiary/aromatic N) is 1. The van der Waals surface area contributed by atoms with Gasteiger partial charge in [-0.25, -0.2) is 18.6 Å². The van der Waals surface area contributed by atoms with Crippen LogP contribution in [0.4, 0.5) is 13.2 Å². The van der Waals surface area contributed by atoms with Crippen LogP contribution in [0.25, 0.3) is 0 Å². The van der Waals surface area contributed by atoms with Gasteiger partial charge in [0.2, 0.25) is 5.95 Å². The fraction of sp³-hybridized carbons (Fsp3) is 0.250. The minimum absolute atomic E-state index is 0.505. The van der Waals surface area contributed by atoms with E-state index in [4.69, 9.17) is 0 Å². The molecule has 1 rings (SSSR count). The van der Waals surface area contributed by atoms with E-state index in [1.807, 2.05) is 0 Å². The van der Waals surface area contributed by atoms with Crippen molar-refractivity contribution in [2.75, 3.05) is 7.11 Å². The van der Waals surface area contributed by atoms with Crippen LogP contribution in [0.5, 0.6) is 0 Å². The van der Waals surface area contributed by atoms with Crippen LogP contribution < -0.4 is 0 Å². The van der Waals surface area contributed by atoms with Gasteiger partial charge >= 0.3 is 5.97 Å². The van der Waals surface area contributed by atoms with Crippen molar-refractivity contribution in [1.82, 2.24) is 4.98 Å². The predicted molar refractivity (Wildman–Crippen MR) is 40.5 cm³/mol. The first-order chi connectivity index (χ1) is 6.57. The van der Waals surface area contributed by atoms with Crippen LogP contribution in [0.15, 0.2) is 12.3 Å². The molecule has 0 saturated heterocycles. The van der Waals surface area contributed by atoms with Crippen molar-refractivity contribution in [3.8, 4) is 0 Å². The molecule has 1 aromatic rings. The zero-order valence-electron chi connectivity index (χ0n) is 7.13. The largest absolute Gasteiger partial charge is 0.465 e. The Morgan fingerprint density at radius 1 is 1.57 bits per heavy atom. The summed E-state index contributed by atoms with van der Waals surface area (Å²) in [4.78, 5) is 14.0. The van der Waals surface area contributed by atoms with Crippen LogP contribution in [0.1, 0.15) is 22.3 Å². The van der Waals surface area contributed by atoms with Crippen molar-refractivity contribution in [1.29, 1.82) is 0 Å². The molecule has 0 unspecified atom stereocenters. The number of alkyl halides is 2. The molecule has 6 heteroatoms. The minimum Gasteiger partial charge on any atom is -0.465 e. The zero-order valence-corrected chi connectivity index (χ0v) is 7.13. The highest BCUT2D eigenvalue weighted by atomic mass is 19.3. The summed E-state index contributed by atoms with van der Waals surface area (Å²) < 4.78 is 41.6. The van der Waals surface area contributed by atoms with Crippen LogP contribution in [0.3, 0.4) is 0 Å². The van der Waals surface area contributed by atoms with Gasteiger partial charge in [-0.15, -0.1) is 0 Å². The van der Waals surface area contributed by atoms with Crippen LogP contribution in [0.2, 0.25) is 0 Å². The van der Waals surface area contributed by atoms with Crippen molar-refractivity contribution in [3.05, 3.63) is 29.3 Å². The van der Waals surface area contributed by atoms with Crippen molar-refractivity contribution < 1.29 is 22.7 Å². The molecule has 0 aliphatic rings. The first-order valence-corrected chi connectivity index (χ1v) is 3.58. The number of pyridine rings is 1. The molecule has 76 valence electrons. The normalized spacial score (nSPS) is 10.4. The Morgan fingerprint density at radius 3 is 2.71 bits per heavy atom. The molecule has 0 atom stereocenters. The molecule has 0 aliphatic heterocycles. The average molecular weight is 205 g/mol. The maximum absolute atomic E-state index is 12.8. The molecule has 0 fully saturated rings. The second kappa shape index (κ2) is 4.08. The van der Waals surface area contributed by atoms with Gasteiger partial charge in [-0.2, -0.15) is 4.39 Å². The predicted octanol–water partition coefficient (Wildman–Crippen LogP) is 1.94. The molecule has 0 amide bonds. The third-order valence-electron chi connectivity index (χ3n) is 1.57. The number of ether oxygens (including phenoxy) is 1. The van der Waals surface area contributed by atoms with Crippen LogP contribution in [-0.4, -0.2) is 18.1 Å². The van der Waals surface area contributed by atoms with E-state index in [9.17, 15) is 18.0 Å². The number of hydrogen-bond acceptors (Lipinski definition) is 3.